The molecule has 0 aliphatic carbocycles. The van der Waals surface area contributed by atoms with E-state index >= 15 is 0 Å². The van der Waals surface area contributed by atoms with Crippen LogP contribution in [0.1, 0.15) is 38.9 Å². The van der Waals surface area contributed by atoms with Gasteiger partial charge in [0.05, 0.1) is 6.10 Å². The van der Waals surface area contributed by atoms with Crippen LogP contribution in [0, 0.1) is 17.6 Å². The molecule has 1 rings (SSSR count). The molecule has 0 fully saturated rings. The maximum Gasteiger partial charge on any atom is 0.129 e. The lowest BCUT2D eigenvalue weighted by Crippen LogP contribution is -2.33. The van der Waals surface area contributed by atoms with Gasteiger partial charge in [-0.05, 0) is 44.0 Å². The van der Waals surface area contributed by atoms with E-state index in [0.717, 1.165) is 31.2 Å². The third-order valence-electron chi connectivity index (χ3n) is 2.94. The molecule has 18 heavy (non-hydrogen) atoms. The lowest BCUT2D eigenvalue weighted by atomic mass is 10.0. The summed E-state index contributed by atoms with van der Waals surface area (Å²) < 4.78 is 26.5. The van der Waals surface area contributed by atoms with Gasteiger partial charge in [-0.25, -0.2) is 8.78 Å². The van der Waals surface area contributed by atoms with Crippen molar-refractivity contribution in [3.05, 3.63) is 35.4 Å². The smallest absolute Gasteiger partial charge is 0.129 e. The minimum Gasteiger partial charge on any atom is -0.387 e. The summed E-state index contributed by atoms with van der Waals surface area (Å²) in [4.78, 5) is 0. The number of hydrogen-bond acceptors (Lipinski definition) is 2. The summed E-state index contributed by atoms with van der Waals surface area (Å²) in [6.07, 6.45) is -0.0734. The fourth-order valence-electron chi connectivity index (χ4n) is 1.72. The van der Waals surface area contributed by atoms with Crippen molar-refractivity contribution < 1.29 is 13.9 Å². The molecule has 0 aliphatic heterocycles. The predicted molar refractivity (Wildman–Crippen MR) is 68.2 cm³/mol. The van der Waals surface area contributed by atoms with Crippen molar-refractivity contribution in [2.45, 2.75) is 39.3 Å². The SMILES string of the molecule is CC(C)CCNC(C)C(O)c1cc(F)ccc1F. The molecule has 4 heteroatoms. The van der Waals surface area contributed by atoms with E-state index in [1.54, 1.807) is 6.92 Å². The highest BCUT2D eigenvalue weighted by atomic mass is 19.1. The quantitative estimate of drug-likeness (QED) is 0.821. The van der Waals surface area contributed by atoms with Crippen LogP contribution in [-0.4, -0.2) is 17.7 Å². The normalized spacial score (nSPS) is 14.8. The minimum atomic E-state index is -1.05. The van der Waals surface area contributed by atoms with E-state index in [1.807, 2.05) is 0 Å². The molecular formula is C14H21F2NO. The van der Waals surface area contributed by atoms with Crippen molar-refractivity contribution in [1.82, 2.24) is 5.32 Å². The zero-order valence-electron chi connectivity index (χ0n) is 11.1. The van der Waals surface area contributed by atoms with Gasteiger partial charge >= 0.3 is 0 Å². The second-order valence-electron chi connectivity index (χ2n) is 5.04. The second kappa shape index (κ2) is 6.81. The second-order valence-corrected chi connectivity index (χ2v) is 5.04. The van der Waals surface area contributed by atoms with Gasteiger partial charge in [0.1, 0.15) is 11.6 Å². The summed E-state index contributed by atoms with van der Waals surface area (Å²) in [5.74, 6) is -0.561. The monoisotopic (exact) mass is 257 g/mol. The molecule has 1 aromatic carbocycles. The Balaban J connectivity index is 2.62. The summed E-state index contributed by atoms with van der Waals surface area (Å²) in [6, 6.07) is 2.80. The number of aliphatic hydroxyl groups excluding tert-OH is 1. The standard InChI is InChI=1S/C14H21F2NO/c1-9(2)6-7-17-10(3)14(18)12-8-11(15)4-5-13(12)16/h4-5,8-10,14,17-18H,6-7H2,1-3H3. The Labute approximate surface area is 107 Å². The molecule has 2 N–H and O–H groups in total. The molecule has 2 atom stereocenters. The lowest BCUT2D eigenvalue weighted by molar-refractivity contribution is 0.131. The summed E-state index contributed by atoms with van der Waals surface area (Å²) in [5, 5.41) is 13.1. The molecular weight excluding hydrogens is 236 g/mol. The third-order valence-corrected chi connectivity index (χ3v) is 2.94. The first-order valence-corrected chi connectivity index (χ1v) is 6.28. The van der Waals surface area contributed by atoms with E-state index in [9.17, 15) is 13.9 Å². The maximum absolute atomic E-state index is 13.5. The highest BCUT2D eigenvalue weighted by molar-refractivity contribution is 5.22. The van der Waals surface area contributed by atoms with Crippen molar-refractivity contribution in [1.29, 1.82) is 0 Å². The number of aliphatic hydroxyl groups is 1. The zero-order chi connectivity index (χ0) is 13.7. The highest BCUT2D eigenvalue weighted by Gasteiger charge is 2.19. The van der Waals surface area contributed by atoms with Crippen LogP contribution in [0.4, 0.5) is 8.78 Å². The van der Waals surface area contributed by atoms with Gasteiger partial charge in [-0.1, -0.05) is 13.8 Å². The average molecular weight is 257 g/mol. The summed E-state index contributed by atoms with van der Waals surface area (Å²) in [6.45, 7) is 6.71. The summed E-state index contributed by atoms with van der Waals surface area (Å²) >= 11 is 0. The first kappa shape index (κ1) is 15.1. The van der Waals surface area contributed by atoms with Crippen molar-refractivity contribution in [3.63, 3.8) is 0 Å². The van der Waals surface area contributed by atoms with E-state index in [4.69, 9.17) is 0 Å². The first-order valence-electron chi connectivity index (χ1n) is 6.28. The van der Waals surface area contributed by atoms with Crippen LogP contribution in [0.3, 0.4) is 0 Å². The fourth-order valence-corrected chi connectivity index (χ4v) is 1.72. The Bertz CT molecular complexity index is 382. The van der Waals surface area contributed by atoms with Crippen LogP contribution in [0.15, 0.2) is 18.2 Å². The van der Waals surface area contributed by atoms with Gasteiger partial charge in [-0.15, -0.1) is 0 Å². The van der Waals surface area contributed by atoms with Crippen LogP contribution in [0.2, 0.25) is 0 Å². The van der Waals surface area contributed by atoms with Crippen LogP contribution < -0.4 is 5.32 Å². The van der Waals surface area contributed by atoms with Crippen molar-refractivity contribution in [2.24, 2.45) is 5.92 Å². The molecule has 0 saturated carbocycles. The Morgan fingerprint density at radius 1 is 1.22 bits per heavy atom. The summed E-state index contributed by atoms with van der Waals surface area (Å²) in [7, 11) is 0. The van der Waals surface area contributed by atoms with Gasteiger partial charge in [0.25, 0.3) is 0 Å². The first-order chi connectivity index (χ1) is 8.41. The Kier molecular flexibility index (Phi) is 5.69. The molecule has 1 aromatic rings. The van der Waals surface area contributed by atoms with Gasteiger partial charge in [-0.2, -0.15) is 0 Å². The molecule has 0 heterocycles. The van der Waals surface area contributed by atoms with Gasteiger partial charge in [-0.3, -0.25) is 0 Å². The van der Waals surface area contributed by atoms with E-state index < -0.39 is 17.7 Å². The molecule has 2 nitrogen and oxygen atoms in total. The maximum atomic E-state index is 13.5. The largest absolute Gasteiger partial charge is 0.387 e. The molecule has 2 unspecified atom stereocenters. The predicted octanol–water partition coefficient (Wildman–Crippen LogP) is 3.02. The van der Waals surface area contributed by atoms with Crippen molar-refractivity contribution in [2.75, 3.05) is 6.54 Å². The number of halogens is 2. The summed E-state index contributed by atoms with van der Waals surface area (Å²) in [5.41, 5.74) is -0.000420. The minimum absolute atomic E-state index is 0.000420. The molecule has 102 valence electrons. The van der Waals surface area contributed by atoms with Crippen LogP contribution in [0.25, 0.3) is 0 Å². The Morgan fingerprint density at radius 3 is 2.50 bits per heavy atom. The van der Waals surface area contributed by atoms with Gasteiger partial charge in [0.2, 0.25) is 0 Å². The zero-order valence-corrected chi connectivity index (χ0v) is 11.1. The van der Waals surface area contributed by atoms with Crippen molar-refractivity contribution >= 4 is 0 Å². The van der Waals surface area contributed by atoms with Gasteiger partial charge < -0.3 is 10.4 Å². The van der Waals surface area contributed by atoms with Gasteiger partial charge in [0, 0.05) is 11.6 Å². The number of rotatable bonds is 6. The van der Waals surface area contributed by atoms with E-state index in [0.29, 0.717) is 5.92 Å². The van der Waals surface area contributed by atoms with Crippen molar-refractivity contribution in [3.8, 4) is 0 Å². The Hall–Kier alpha value is -1.00. The topological polar surface area (TPSA) is 32.3 Å². The van der Waals surface area contributed by atoms with E-state index in [2.05, 4.69) is 19.2 Å². The van der Waals surface area contributed by atoms with Crippen LogP contribution in [0.5, 0.6) is 0 Å². The number of hydrogen-bond donors (Lipinski definition) is 2. The molecule has 0 radical (unpaired) electrons. The molecule has 0 amide bonds. The Morgan fingerprint density at radius 2 is 1.89 bits per heavy atom. The molecule has 0 aromatic heterocycles. The highest BCUT2D eigenvalue weighted by Crippen LogP contribution is 2.21. The molecule has 0 spiro atoms. The number of nitrogens with one attached hydrogen (secondary N) is 1. The van der Waals surface area contributed by atoms with Crippen LogP contribution >= 0.6 is 0 Å². The number of benzene rings is 1. The average Bonchev–Trinajstić information content (AvgIpc) is 2.30. The van der Waals surface area contributed by atoms with E-state index in [-0.39, 0.29) is 11.6 Å². The van der Waals surface area contributed by atoms with Crippen LogP contribution in [-0.2, 0) is 0 Å². The van der Waals surface area contributed by atoms with E-state index in [1.165, 1.54) is 0 Å². The third kappa shape index (κ3) is 4.35. The molecule has 0 saturated heterocycles. The lowest BCUT2D eigenvalue weighted by Gasteiger charge is -2.21. The fraction of sp³-hybridized carbons (Fsp3) is 0.571. The molecule has 0 bridgehead atoms. The molecule has 0 aliphatic rings. The van der Waals surface area contributed by atoms with Gasteiger partial charge in [0.15, 0.2) is 0 Å².